The van der Waals surface area contributed by atoms with E-state index in [0.29, 0.717) is 0 Å². The quantitative estimate of drug-likeness (QED) is 0.181. The number of nitrogens with zero attached hydrogens (tertiary/aromatic N) is 2. The van der Waals surface area contributed by atoms with Gasteiger partial charge in [-0.3, -0.25) is 0 Å². The Kier molecular flexibility index (Phi) is 6.81. The van der Waals surface area contributed by atoms with E-state index in [-0.39, 0.29) is 0 Å². The summed E-state index contributed by atoms with van der Waals surface area (Å²) in [6.45, 7) is 0. The largest absolute Gasteiger partial charge is 0.228 e. The van der Waals surface area contributed by atoms with Crippen LogP contribution in [0.25, 0.3) is 77.3 Å². The van der Waals surface area contributed by atoms with E-state index in [0.717, 1.165) is 33.5 Å². The summed E-state index contributed by atoms with van der Waals surface area (Å²) in [5.74, 6) is 0.726. The molecule has 1 spiro atoms. The fraction of sp³-hybridized carbons (Fsp3) is 0.0189. The molecule has 0 amide bonds. The molecule has 0 radical (unpaired) electrons. The Hall–Kier alpha value is -6.81. The topological polar surface area (TPSA) is 25.8 Å². The molecule has 0 saturated heterocycles. The van der Waals surface area contributed by atoms with Crippen molar-refractivity contribution in [3.63, 3.8) is 0 Å². The highest BCUT2D eigenvalue weighted by atomic mass is 32.2. The fourth-order valence-electron chi connectivity index (χ4n) is 9.51. The second-order valence-corrected chi connectivity index (χ2v) is 15.8. The molecular weight excluding hydrogens is 697 g/mol. The van der Waals surface area contributed by atoms with Gasteiger partial charge in [0.15, 0.2) is 5.82 Å². The highest BCUT2D eigenvalue weighted by Crippen LogP contribution is 2.65. The van der Waals surface area contributed by atoms with Crippen LogP contribution in [0.2, 0.25) is 0 Å². The minimum atomic E-state index is -0.487. The Morgan fingerprint density at radius 3 is 1.66 bits per heavy atom. The van der Waals surface area contributed by atoms with Gasteiger partial charge in [0.1, 0.15) is 0 Å². The van der Waals surface area contributed by atoms with Crippen LogP contribution in [0.4, 0.5) is 0 Å². The second-order valence-electron chi connectivity index (χ2n) is 14.8. The Balaban J connectivity index is 1.08. The fourth-order valence-corrected chi connectivity index (χ4v) is 11.0. The number of aromatic nitrogens is 2. The van der Waals surface area contributed by atoms with E-state index in [9.17, 15) is 0 Å². The molecule has 10 aromatic rings. The van der Waals surface area contributed by atoms with Gasteiger partial charge in [0, 0.05) is 26.3 Å². The first-order valence-corrected chi connectivity index (χ1v) is 20.0. The highest BCUT2D eigenvalue weighted by molar-refractivity contribution is 8.00. The van der Waals surface area contributed by atoms with Crippen LogP contribution in [0.1, 0.15) is 22.3 Å². The molecule has 0 unspecified atom stereocenters. The molecule has 2 nitrogen and oxygen atoms in total. The van der Waals surface area contributed by atoms with Crippen molar-refractivity contribution in [2.75, 3.05) is 0 Å². The van der Waals surface area contributed by atoms with Gasteiger partial charge in [0.25, 0.3) is 0 Å². The lowest BCUT2D eigenvalue weighted by molar-refractivity contribution is 0.729. The van der Waals surface area contributed by atoms with Crippen molar-refractivity contribution >= 4 is 44.2 Å². The first-order valence-electron chi connectivity index (χ1n) is 19.2. The van der Waals surface area contributed by atoms with Crippen molar-refractivity contribution in [3.05, 3.63) is 216 Å². The standard InChI is InChI=1S/C53H32N2S/c1-2-15-36(16-3-1)49-42-20-9-11-24-47(42)54-52(55-49)37-27-25-35(26-28-37)38-21-12-23-44-48(38)41-19-8-10-22-43(41)53(44)45-31-29-33-13-4-6-17-39(33)50(45)56-51-40-18-7-5-14-34(40)30-32-46(51)53/h1-32H. The molecule has 0 atom stereocenters. The number of hydrogen-bond donors (Lipinski definition) is 0. The predicted octanol–water partition coefficient (Wildman–Crippen LogP) is 13.8. The lowest BCUT2D eigenvalue weighted by Crippen LogP contribution is -2.32. The molecule has 0 saturated carbocycles. The van der Waals surface area contributed by atoms with Gasteiger partial charge in [-0.15, -0.1) is 0 Å². The minimum absolute atomic E-state index is 0.487. The van der Waals surface area contributed by atoms with Gasteiger partial charge < -0.3 is 0 Å². The van der Waals surface area contributed by atoms with E-state index in [1.807, 2.05) is 23.9 Å². The molecule has 0 N–H and O–H groups in total. The average molecular weight is 729 g/mol. The number of fused-ring (bicyclic) bond motifs is 14. The summed E-state index contributed by atoms with van der Waals surface area (Å²) in [5.41, 5.74) is 13.8. The van der Waals surface area contributed by atoms with Gasteiger partial charge in [-0.25, -0.2) is 9.97 Å². The van der Waals surface area contributed by atoms with Gasteiger partial charge >= 0.3 is 0 Å². The molecule has 3 heteroatoms. The van der Waals surface area contributed by atoms with Crippen LogP contribution in [0.15, 0.2) is 204 Å². The molecule has 0 fully saturated rings. The molecule has 1 aromatic heterocycles. The van der Waals surface area contributed by atoms with Crippen molar-refractivity contribution in [2.45, 2.75) is 15.2 Å². The molecule has 1 aliphatic heterocycles. The molecule has 9 aromatic carbocycles. The van der Waals surface area contributed by atoms with Crippen LogP contribution < -0.4 is 0 Å². The summed E-state index contributed by atoms with van der Waals surface area (Å²) in [4.78, 5) is 12.9. The first-order chi connectivity index (χ1) is 27.8. The third-order valence-corrected chi connectivity index (χ3v) is 13.2. The molecule has 2 heterocycles. The van der Waals surface area contributed by atoms with Gasteiger partial charge in [-0.1, -0.05) is 200 Å². The van der Waals surface area contributed by atoms with Crippen LogP contribution in [0, 0.1) is 0 Å². The maximum Gasteiger partial charge on any atom is 0.160 e. The van der Waals surface area contributed by atoms with Gasteiger partial charge in [-0.2, -0.15) is 0 Å². The highest BCUT2D eigenvalue weighted by Gasteiger charge is 2.51. The van der Waals surface area contributed by atoms with Crippen LogP contribution in [0.3, 0.4) is 0 Å². The monoisotopic (exact) mass is 728 g/mol. The molecule has 1 aliphatic carbocycles. The third-order valence-electron chi connectivity index (χ3n) is 11.9. The number of para-hydroxylation sites is 1. The maximum absolute atomic E-state index is 5.16. The molecule has 12 rings (SSSR count). The second kappa shape index (κ2) is 12.1. The Morgan fingerprint density at radius 2 is 0.929 bits per heavy atom. The Bertz CT molecular complexity index is 3140. The number of hydrogen-bond acceptors (Lipinski definition) is 3. The number of rotatable bonds is 3. The summed E-state index contributed by atoms with van der Waals surface area (Å²) in [6, 6.07) is 70.8. The van der Waals surface area contributed by atoms with Crippen molar-refractivity contribution in [3.8, 4) is 44.9 Å². The molecule has 0 bridgehead atoms. The Morgan fingerprint density at radius 1 is 0.357 bits per heavy atom. The lowest BCUT2D eigenvalue weighted by atomic mass is 9.66. The smallest absolute Gasteiger partial charge is 0.160 e. The van der Waals surface area contributed by atoms with Crippen molar-refractivity contribution < 1.29 is 0 Å². The van der Waals surface area contributed by atoms with E-state index in [4.69, 9.17) is 9.97 Å². The molecular formula is C53H32N2S. The van der Waals surface area contributed by atoms with Crippen LogP contribution in [-0.2, 0) is 5.41 Å². The summed E-state index contributed by atoms with van der Waals surface area (Å²) in [7, 11) is 0. The maximum atomic E-state index is 5.16. The first kappa shape index (κ1) is 31.5. The van der Waals surface area contributed by atoms with Crippen LogP contribution in [-0.4, -0.2) is 9.97 Å². The van der Waals surface area contributed by atoms with Gasteiger partial charge in [0.05, 0.1) is 16.6 Å². The van der Waals surface area contributed by atoms with Crippen LogP contribution in [0.5, 0.6) is 0 Å². The summed E-state index contributed by atoms with van der Waals surface area (Å²) < 4.78 is 0. The Labute approximate surface area is 329 Å². The summed E-state index contributed by atoms with van der Waals surface area (Å²) >= 11 is 1.94. The zero-order valence-corrected chi connectivity index (χ0v) is 31.1. The van der Waals surface area contributed by atoms with E-state index in [2.05, 4.69) is 182 Å². The average Bonchev–Trinajstić information content (AvgIpc) is 3.57. The predicted molar refractivity (Wildman–Crippen MR) is 232 cm³/mol. The van der Waals surface area contributed by atoms with E-state index >= 15 is 0 Å². The van der Waals surface area contributed by atoms with E-state index in [1.54, 1.807) is 0 Å². The summed E-state index contributed by atoms with van der Waals surface area (Å²) in [5, 5.41) is 6.19. The minimum Gasteiger partial charge on any atom is -0.228 e. The molecule has 2 aliphatic rings. The zero-order chi connectivity index (χ0) is 36.8. The third kappa shape index (κ3) is 4.40. The SMILES string of the molecule is c1ccc(-c2nc(-c3ccc(-c4cccc5c4-c4ccccc4C54c5ccc6ccccc6c5Sc5c4ccc4ccccc54)cc3)nc3ccccc23)cc1. The normalized spacial score (nSPS) is 13.4. The summed E-state index contributed by atoms with van der Waals surface area (Å²) in [6.07, 6.45) is 0. The van der Waals surface area contributed by atoms with Gasteiger partial charge in [-0.05, 0) is 72.1 Å². The van der Waals surface area contributed by atoms with Crippen molar-refractivity contribution in [2.24, 2.45) is 0 Å². The molecule has 260 valence electrons. The van der Waals surface area contributed by atoms with E-state index < -0.39 is 5.41 Å². The van der Waals surface area contributed by atoms with Gasteiger partial charge in [0.2, 0.25) is 0 Å². The molecule has 56 heavy (non-hydrogen) atoms. The van der Waals surface area contributed by atoms with Crippen molar-refractivity contribution in [1.29, 1.82) is 0 Å². The van der Waals surface area contributed by atoms with E-state index in [1.165, 1.54) is 75.8 Å². The van der Waals surface area contributed by atoms with Crippen LogP contribution >= 0.6 is 11.8 Å². The van der Waals surface area contributed by atoms with Crippen molar-refractivity contribution in [1.82, 2.24) is 9.97 Å². The lowest BCUT2D eigenvalue weighted by Gasteiger charge is -2.40. The number of benzene rings is 9. The zero-order valence-electron chi connectivity index (χ0n) is 30.3.